The molecule has 0 spiro atoms. The predicted molar refractivity (Wildman–Crippen MR) is 97.2 cm³/mol. The number of alkyl halides is 1. The number of benzene rings is 2. The summed E-state index contributed by atoms with van der Waals surface area (Å²) in [4.78, 5) is 23.5. The maximum Gasteiger partial charge on any atom is 0.251 e. The van der Waals surface area contributed by atoms with E-state index < -0.39 is 0 Å². The average Bonchev–Trinajstić information content (AvgIpc) is 2.64. The van der Waals surface area contributed by atoms with Crippen molar-refractivity contribution < 1.29 is 9.59 Å². The number of nitrogens with one attached hydrogen (secondary N) is 2. The number of halogens is 1. The summed E-state index contributed by atoms with van der Waals surface area (Å²) in [5.74, 6) is 0.282. The van der Waals surface area contributed by atoms with Crippen LogP contribution in [0, 0.1) is 0 Å². The Morgan fingerprint density at radius 2 is 1.46 bits per heavy atom. The normalized spacial score (nSPS) is 10.2. The Bertz CT molecular complexity index is 657. The van der Waals surface area contributed by atoms with Gasteiger partial charge in [-0.15, -0.1) is 11.6 Å². The summed E-state index contributed by atoms with van der Waals surface area (Å²) in [6.45, 7) is 0.806. The molecule has 0 unspecified atom stereocenters. The molecular weight excluding hydrogens is 324 g/mol. The lowest BCUT2D eigenvalue weighted by atomic mass is 10.0. The van der Waals surface area contributed by atoms with E-state index >= 15 is 0 Å². The van der Waals surface area contributed by atoms with Gasteiger partial charge in [-0.25, -0.2) is 0 Å². The zero-order valence-corrected chi connectivity index (χ0v) is 14.2. The molecule has 2 aromatic carbocycles. The highest BCUT2D eigenvalue weighted by Gasteiger charge is 2.06. The minimum atomic E-state index is -0.149. The second kappa shape index (κ2) is 9.73. The molecule has 0 aliphatic carbocycles. The first-order valence-electron chi connectivity index (χ1n) is 7.97. The Morgan fingerprint density at radius 1 is 0.833 bits per heavy atom. The van der Waals surface area contributed by atoms with Crippen molar-refractivity contribution in [2.75, 3.05) is 19.0 Å². The van der Waals surface area contributed by atoms with Crippen molar-refractivity contribution in [1.29, 1.82) is 0 Å². The molecule has 0 saturated carbocycles. The molecule has 2 aromatic rings. The lowest BCUT2D eigenvalue weighted by molar-refractivity contribution is -0.121. The number of hydrogen-bond acceptors (Lipinski definition) is 2. The van der Waals surface area contributed by atoms with Crippen molar-refractivity contribution >= 4 is 23.4 Å². The Kier molecular flexibility index (Phi) is 7.30. The van der Waals surface area contributed by atoms with E-state index in [1.165, 1.54) is 0 Å². The second-order valence-corrected chi connectivity index (χ2v) is 5.72. The van der Waals surface area contributed by atoms with Crippen molar-refractivity contribution in [3.05, 3.63) is 60.2 Å². The van der Waals surface area contributed by atoms with Crippen LogP contribution in [-0.2, 0) is 4.79 Å². The van der Waals surface area contributed by atoms with E-state index in [9.17, 15) is 9.59 Å². The Hall–Kier alpha value is -2.33. The van der Waals surface area contributed by atoms with Gasteiger partial charge in [0.05, 0.1) is 0 Å². The predicted octanol–water partition coefficient (Wildman–Crippen LogP) is 3.22. The van der Waals surface area contributed by atoms with E-state index in [1.807, 2.05) is 42.5 Å². The van der Waals surface area contributed by atoms with Crippen LogP contribution in [0.1, 0.15) is 23.2 Å². The minimum absolute atomic E-state index is 0.0443. The highest BCUT2D eigenvalue weighted by molar-refractivity contribution is 6.17. The summed E-state index contributed by atoms with van der Waals surface area (Å²) in [7, 11) is 0. The molecule has 0 radical (unpaired) electrons. The van der Waals surface area contributed by atoms with Gasteiger partial charge < -0.3 is 10.6 Å². The Morgan fingerprint density at radius 3 is 2.12 bits per heavy atom. The summed E-state index contributed by atoms with van der Waals surface area (Å²) in [5.41, 5.74) is 2.78. The molecule has 0 aliphatic rings. The summed E-state index contributed by atoms with van der Waals surface area (Å²) in [6, 6.07) is 17.5. The topological polar surface area (TPSA) is 58.2 Å². The van der Waals surface area contributed by atoms with E-state index in [0.29, 0.717) is 37.4 Å². The van der Waals surface area contributed by atoms with Crippen LogP contribution in [0.25, 0.3) is 11.1 Å². The summed E-state index contributed by atoms with van der Waals surface area (Å²) in [6.07, 6.45) is 1.08. The molecule has 0 saturated heterocycles. The fraction of sp³-hybridized carbons (Fsp3) is 0.263. The van der Waals surface area contributed by atoms with E-state index in [0.717, 1.165) is 11.1 Å². The number of hydrogen-bond donors (Lipinski definition) is 2. The van der Waals surface area contributed by atoms with Crippen LogP contribution in [0.4, 0.5) is 0 Å². The highest BCUT2D eigenvalue weighted by Crippen LogP contribution is 2.19. The molecule has 24 heavy (non-hydrogen) atoms. The standard InChI is InChI=1S/C19H21ClN2O2/c20-12-4-7-18(23)21-13-14-22-19(24)17-10-8-16(9-11-17)15-5-2-1-3-6-15/h1-3,5-6,8-11H,4,7,12-14H2,(H,21,23)(H,22,24). The van der Waals surface area contributed by atoms with Crippen LogP contribution in [-0.4, -0.2) is 30.8 Å². The van der Waals surface area contributed by atoms with Gasteiger partial charge in [0, 0.05) is 31.0 Å². The number of rotatable bonds is 8. The van der Waals surface area contributed by atoms with Gasteiger partial charge in [0.15, 0.2) is 0 Å². The van der Waals surface area contributed by atoms with Crippen LogP contribution in [0.3, 0.4) is 0 Å². The largest absolute Gasteiger partial charge is 0.354 e. The monoisotopic (exact) mass is 344 g/mol. The van der Waals surface area contributed by atoms with E-state index in [1.54, 1.807) is 12.1 Å². The first kappa shape index (κ1) is 18.0. The molecule has 0 aliphatic heterocycles. The number of carbonyl (C=O) groups excluding carboxylic acids is 2. The van der Waals surface area contributed by atoms with Crippen LogP contribution >= 0.6 is 11.6 Å². The van der Waals surface area contributed by atoms with Gasteiger partial charge in [0.2, 0.25) is 5.91 Å². The summed E-state index contributed by atoms with van der Waals surface area (Å²) < 4.78 is 0. The van der Waals surface area contributed by atoms with E-state index in [2.05, 4.69) is 10.6 Å². The lowest BCUT2D eigenvalue weighted by Crippen LogP contribution is -2.34. The van der Waals surface area contributed by atoms with Crippen LogP contribution in [0.5, 0.6) is 0 Å². The van der Waals surface area contributed by atoms with Crippen LogP contribution in [0.2, 0.25) is 0 Å². The van der Waals surface area contributed by atoms with Crippen molar-refractivity contribution in [2.45, 2.75) is 12.8 Å². The molecule has 4 nitrogen and oxygen atoms in total. The smallest absolute Gasteiger partial charge is 0.251 e. The molecule has 0 atom stereocenters. The van der Waals surface area contributed by atoms with Gasteiger partial charge in [-0.3, -0.25) is 9.59 Å². The SMILES string of the molecule is O=C(CCCCl)NCCNC(=O)c1ccc(-c2ccccc2)cc1. The number of amides is 2. The lowest BCUT2D eigenvalue weighted by Gasteiger charge is -2.08. The van der Waals surface area contributed by atoms with Crippen molar-refractivity contribution in [3.63, 3.8) is 0 Å². The maximum absolute atomic E-state index is 12.1. The minimum Gasteiger partial charge on any atom is -0.354 e. The first-order chi connectivity index (χ1) is 11.7. The van der Waals surface area contributed by atoms with Gasteiger partial charge in [-0.2, -0.15) is 0 Å². The quantitative estimate of drug-likeness (QED) is 0.570. The fourth-order valence-corrected chi connectivity index (χ4v) is 2.37. The first-order valence-corrected chi connectivity index (χ1v) is 8.50. The molecule has 126 valence electrons. The van der Waals surface area contributed by atoms with Crippen LogP contribution < -0.4 is 10.6 Å². The third-order valence-electron chi connectivity index (χ3n) is 3.52. The Labute approximate surface area is 147 Å². The van der Waals surface area contributed by atoms with E-state index in [4.69, 9.17) is 11.6 Å². The average molecular weight is 345 g/mol. The number of carbonyl (C=O) groups is 2. The second-order valence-electron chi connectivity index (χ2n) is 5.34. The molecular formula is C19H21ClN2O2. The van der Waals surface area contributed by atoms with Crippen molar-refractivity contribution in [2.24, 2.45) is 0 Å². The molecule has 2 rings (SSSR count). The molecule has 0 fully saturated rings. The molecule has 0 heterocycles. The Balaban J connectivity index is 1.78. The molecule has 0 bridgehead atoms. The van der Waals surface area contributed by atoms with Gasteiger partial charge in [-0.05, 0) is 29.7 Å². The summed E-state index contributed by atoms with van der Waals surface area (Å²) >= 11 is 5.53. The molecule has 0 aromatic heterocycles. The molecule has 5 heteroatoms. The fourth-order valence-electron chi connectivity index (χ4n) is 2.24. The molecule has 2 amide bonds. The van der Waals surface area contributed by atoms with Gasteiger partial charge in [0.25, 0.3) is 5.91 Å². The zero-order valence-electron chi connectivity index (χ0n) is 13.4. The van der Waals surface area contributed by atoms with Gasteiger partial charge >= 0.3 is 0 Å². The summed E-state index contributed by atoms with van der Waals surface area (Å²) in [5, 5.41) is 5.53. The van der Waals surface area contributed by atoms with Gasteiger partial charge in [-0.1, -0.05) is 42.5 Å². The zero-order chi connectivity index (χ0) is 17.2. The molecule has 2 N–H and O–H groups in total. The third-order valence-corrected chi connectivity index (χ3v) is 3.79. The third kappa shape index (κ3) is 5.70. The van der Waals surface area contributed by atoms with Crippen molar-refractivity contribution in [1.82, 2.24) is 10.6 Å². The highest BCUT2D eigenvalue weighted by atomic mass is 35.5. The van der Waals surface area contributed by atoms with Gasteiger partial charge in [0.1, 0.15) is 0 Å². The maximum atomic E-state index is 12.1. The van der Waals surface area contributed by atoms with Crippen LogP contribution in [0.15, 0.2) is 54.6 Å². The van der Waals surface area contributed by atoms with E-state index in [-0.39, 0.29) is 11.8 Å². The van der Waals surface area contributed by atoms with Crippen molar-refractivity contribution in [3.8, 4) is 11.1 Å².